The standard InChI is InChI=1S/C15H21N3O/c1-2-15(5-3-4-6-15)13(17)14(19)18-9-10-7-11(10)12(18)8-16/h2,10-13H,1,3-7,9,17H2/t10-,11-,12?,13?/m1/s1. The molecule has 19 heavy (non-hydrogen) atoms. The number of hydrogen-bond acceptors (Lipinski definition) is 3. The molecule has 2 unspecified atom stereocenters. The highest BCUT2D eigenvalue weighted by molar-refractivity contribution is 5.84. The molecule has 1 saturated heterocycles. The molecule has 1 aliphatic heterocycles. The minimum Gasteiger partial charge on any atom is -0.325 e. The third kappa shape index (κ3) is 1.80. The van der Waals surface area contributed by atoms with E-state index < -0.39 is 6.04 Å². The summed E-state index contributed by atoms with van der Waals surface area (Å²) in [7, 11) is 0. The van der Waals surface area contributed by atoms with Crippen LogP contribution in [-0.2, 0) is 4.79 Å². The molecule has 0 aromatic rings. The number of carbonyl (C=O) groups excluding carboxylic acids is 1. The molecular weight excluding hydrogens is 238 g/mol. The average molecular weight is 259 g/mol. The highest BCUT2D eigenvalue weighted by Gasteiger charge is 2.56. The van der Waals surface area contributed by atoms with Crippen molar-refractivity contribution in [2.24, 2.45) is 23.0 Å². The van der Waals surface area contributed by atoms with E-state index >= 15 is 0 Å². The molecule has 3 aliphatic rings. The third-order valence-corrected chi connectivity index (χ3v) is 5.39. The number of hydrogen-bond donors (Lipinski definition) is 1. The molecule has 4 nitrogen and oxygen atoms in total. The van der Waals surface area contributed by atoms with Gasteiger partial charge in [0.1, 0.15) is 6.04 Å². The van der Waals surface area contributed by atoms with Crippen LogP contribution in [0.5, 0.6) is 0 Å². The first-order valence-electron chi connectivity index (χ1n) is 7.22. The molecule has 0 aromatic heterocycles. The lowest BCUT2D eigenvalue weighted by molar-refractivity contribution is -0.135. The van der Waals surface area contributed by atoms with Crippen LogP contribution in [0.15, 0.2) is 12.7 Å². The van der Waals surface area contributed by atoms with Crippen molar-refractivity contribution in [1.29, 1.82) is 5.26 Å². The first kappa shape index (κ1) is 12.7. The normalized spacial score (nSPS) is 36.4. The number of nitriles is 1. The maximum atomic E-state index is 12.6. The van der Waals surface area contributed by atoms with Gasteiger partial charge in [-0.3, -0.25) is 4.79 Å². The number of piperidine rings is 1. The minimum atomic E-state index is -0.527. The van der Waals surface area contributed by atoms with Crippen LogP contribution in [0.4, 0.5) is 0 Å². The molecule has 0 spiro atoms. The molecule has 1 amide bonds. The summed E-state index contributed by atoms with van der Waals surface area (Å²) in [5, 5.41) is 9.25. The molecule has 2 N–H and O–H groups in total. The maximum Gasteiger partial charge on any atom is 0.241 e. The Kier molecular flexibility index (Phi) is 2.90. The molecular formula is C15H21N3O. The van der Waals surface area contributed by atoms with Gasteiger partial charge < -0.3 is 10.6 Å². The van der Waals surface area contributed by atoms with Gasteiger partial charge in [-0.05, 0) is 31.1 Å². The summed E-state index contributed by atoms with van der Waals surface area (Å²) in [5.74, 6) is 0.911. The van der Waals surface area contributed by atoms with E-state index in [1.807, 2.05) is 6.08 Å². The molecule has 4 atom stereocenters. The second kappa shape index (κ2) is 4.35. The van der Waals surface area contributed by atoms with Crippen molar-refractivity contribution < 1.29 is 4.79 Å². The second-order valence-corrected chi connectivity index (χ2v) is 6.35. The summed E-state index contributed by atoms with van der Waals surface area (Å²) >= 11 is 0. The van der Waals surface area contributed by atoms with Crippen molar-refractivity contribution in [3.63, 3.8) is 0 Å². The van der Waals surface area contributed by atoms with Gasteiger partial charge >= 0.3 is 0 Å². The summed E-state index contributed by atoms with van der Waals surface area (Å²) in [6, 6.07) is 1.52. The first-order chi connectivity index (χ1) is 9.13. The zero-order valence-corrected chi connectivity index (χ0v) is 11.2. The summed E-state index contributed by atoms with van der Waals surface area (Å²) in [5.41, 5.74) is 6.01. The molecule has 2 saturated carbocycles. The Hall–Kier alpha value is -1.34. The van der Waals surface area contributed by atoms with E-state index in [2.05, 4.69) is 12.6 Å². The van der Waals surface area contributed by atoms with Crippen LogP contribution in [0, 0.1) is 28.6 Å². The number of nitrogens with two attached hydrogens (primary N) is 1. The van der Waals surface area contributed by atoms with E-state index in [1.165, 1.54) is 0 Å². The summed E-state index contributed by atoms with van der Waals surface area (Å²) in [4.78, 5) is 14.4. The Labute approximate surface area is 114 Å². The van der Waals surface area contributed by atoms with Crippen molar-refractivity contribution >= 4 is 5.91 Å². The Morgan fingerprint density at radius 3 is 2.79 bits per heavy atom. The Morgan fingerprint density at radius 2 is 2.21 bits per heavy atom. The number of nitrogens with zero attached hydrogens (tertiary/aromatic N) is 2. The number of likely N-dealkylation sites (tertiary alicyclic amines) is 1. The fourth-order valence-corrected chi connectivity index (χ4v) is 3.96. The zero-order chi connectivity index (χ0) is 13.6. The number of amides is 1. The number of rotatable bonds is 3. The lowest BCUT2D eigenvalue weighted by Gasteiger charge is -2.35. The lowest BCUT2D eigenvalue weighted by atomic mass is 9.78. The topological polar surface area (TPSA) is 70.1 Å². The van der Waals surface area contributed by atoms with Gasteiger partial charge in [0.05, 0.1) is 12.1 Å². The van der Waals surface area contributed by atoms with Gasteiger partial charge in [0.15, 0.2) is 0 Å². The van der Waals surface area contributed by atoms with Crippen molar-refractivity contribution in [3.8, 4) is 6.07 Å². The van der Waals surface area contributed by atoms with Gasteiger partial charge in [0.25, 0.3) is 0 Å². The van der Waals surface area contributed by atoms with Gasteiger partial charge in [0, 0.05) is 12.0 Å². The fraction of sp³-hybridized carbons (Fsp3) is 0.733. The molecule has 0 aromatic carbocycles. The van der Waals surface area contributed by atoms with Crippen molar-refractivity contribution in [3.05, 3.63) is 12.7 Å². The first-order valence-corrected chi connectivity index (χ1v) is 7.22. The summed E-state index contributed by atoms with van der Waals surface area (Å²) in [6.45, 7) is 4.62. The van der Waals surface area contributed by atoms with Gasteiger partial charge in [-0.1, -0.05) is 18.9 Å². The molecule has 3 rings (SSSR count). The predicted octanol–water partition coefficient (Wildman–Crippen LogP) is 1.43. The van der Waals surface area contributed by atoms with E-state index in [4.69, 9.17) is 5.73 Å². The maximum absolute atomic E-state index is 12.6. The van der Waals surface area contributed by atoms with Crippen LogP contribution in [0.1, 0.15) is 32.1 Å². The summed E-state index contributed by atoms with van der Waals surface area (Å²) < 4.78 is 0. The van der Waals surface area contributed by atoms with Crippen LogP contribution in [0.2, 0.25) is 0 Å². The number of fused-ring (bicyclic) bond motifs is 1. The molecule has 4 heteroatoms. The molecule has 3 fully saturated rings. The predicted molar refractivity (Wildman–Crippen MR) is 71.8 cm³/mol. The third-order valence-electron chi connectivity index (χ3n) is 5.39. The number of carbonyl (C=O) groups is 1. The summed E-state index contributed by atoms with van der Waals surface area (Å²) in [6.07, 6.45) is 7.09. The van der Waals surface area contributed by atoms with Gasteiger partial charge in [-0.15, -0.1) is 6.58 Å². The molecule has 0 bridgehead atoms. The van der Waals surface area contributed by atoms with E-state index in [1.54, 1.807) is 4.90 Å². The van der Waals surface area contributed by atoms with Crippen LogP contribution in [-0.4, -0.2) is 29.4 Å². The quantitative estimate of drug-likeness (QED) is 0.779. The van der Waals surface area contributed by atoms with E-state index in [-0.39, 0.29) is 17.4 Å². The minimum absolute atomic E-state index is 0.0412. The smallest absolute Gasteiger partial charge is 0.241 e. The highest BCUT2D eigenvalue weighted by Crippen LogP contribution is 2.50. The van der Waals surface area contributed by atoms with Crippen LogP contribution >= 0.6 is 0 Å². The lowest BCUT2D eigenvalue weighted by Crippen LogP contribution is -2.53. The zero-order valence-electron chi connectivity index (χ0n) is 11.2. The van der Waals surface area contributed by atoms with Crippen molar-refractivity contribution in [2.45, 2.75) is 44.2 Å². The van der Waals surface area contributed by atoms with E-state index in [9.17, 15) is 10.1 Å². The van der Waals surface area contributed by atoms with Crippen LogP contribution < -0.4 is 5.73 Å². The Bertz CT molecular complexity index is 447. The Balaban J connectivity index is 1.77. The monoisotopic (exact) mass is 259 g/mol. The molecule has 102 valence electrons. The van der Waals surface area contributed by atoms with E-state index in [0.717, 1.165) is 38.6 Å². The highest BCUT2D eigenvalue weighted by atomic mass is 16.2. The fourth-order valence-electron chi connectivity index (χ4n) is 3.96. The Morgan fingerprint density at radius 1 is 1.53 bits per heavy atom. The van der Waals surface area contributed by atoms with Crippen molar-refractivity contribution in [2.75, 3.05) is 6.54 Å². The molecule has 0 radical (unpaired) electrons. The second-order valence-electron chi connectivity index (χ2n) is 6.35. The van der Waals surface area contributed by atoms with Crippen LogP contribution in [0.3, 0.4) is 0 Å². The van der Waals surface area contributed by atoms with Gasteiger partial charge in [-0.25, -0.2) is 0 Å². The van der Waals surface area contributed by atoms with E-state index in [0.29, 0.717) is 11.8 Å². The van der Waals surface area contributed by atoms with Gasteiger partial charge in [0.2, 0.25) is 5.91 Å². The average Bonchev–Trinajstić information content (AvgIpc) is 2.92. The molecule has 2 aliphatic carbocycles. The van der Waals surface area contributed by atoms with Gasteiger partial charge in [-0.2, -0.15) is 5.26 Å². The largest absolute Gasteiger partial charge is 0.325 e. The molecule has 1 heterocycles. The van der Waals surface area contributed by atoms with Crippen molar-refractivity contribution in [1.82, 2.24) is 4.90 Å². The van der Waals surface area contributed by atoms with Crippen LogP contribution in [0.25, 0.3) is 0 Å². The SMILES string of the molecule is C=CC1(C(N)C(=O)N2C[C@H]3C[C@H]3C2C#N)CCCC1.